The van der Waals surface area contributed by atoms with Gasteiger partial charge in [-0.05, 0) is 55.1 Å². The normalized spacial score (nSPS) is 15.3. The molecule has 1 aliphatic heterocycles. The van der Waals surface area contributed by atoms with E-state index in [-0.39, 0.29) is 24.5 Å². The number of benzene rings is 2. The van der Waals surface area contributed by atoms with Crippen LogP contribution in [0, 0.1) is 6.92 Å². The maximum Gasteiger partial charge on any atom is 0.253 e. The number of morpholine rings is 1. The third-order valence-corrected chi connectivity index (χ3v) is 6.07. The van der Waals surface area contributed by atoms with Crippen molar-refractivity contribution in [3.8, 4) is 0 Å². The molecule has 0 bridgehead atoms. The number of halogens is 1. The van der Waals surface area contributed by atoms with E-state index in [2.05, 4.69) is 15.3 Å². The van der Waals surface area contributed by atoms with Crippen molar-refractivity contribution in [2.24, 2.45) is 0 Å². The van der Waals surface area contributed by atoms with Gasteiger partial charge in [0.1, 0.15) is 12.4 Å². The molecule has 9 heteroatoms. The Kier molecular flexibility index (Phi) is 6.50. The standard InChI is InChI=1S/C22H23ClN4O3S/c1-13-9-14(3-6-19(13)27-7-8-30-11-20(27)28)22(29)26-18(12-31-2)21-24-16-5-4-15(23)10-17(16)25-21/h3-6,9-10,18H,7-8,11-12H2,1-2H3,(H,24,25)(H,26,29). The minimum atomic E-state index is -0.283. The summed E-state index contributed by atoms with van der Waals surface area (Å²) in [5, 5.41) is 3.70. The van der Waals surface area contributed by atoms with Gasteiger partial charge in [0.2, 0.25) is 0 Å². The molecule has 1 aromatic heterocycles. The van der Waals surface area contributed by atoms with E-state index in [1.54, 1.807) is 28.8 Å². The summed E-state index contributed by atoms with van der Waals surface area (Å²) in [5.74, 6) is 1.09. The number of anilines is 1. The number of rotatable bonds is 6. The van der Waals surface area contributed by atoms with Crippen LogP contribution in [0.15, 0.2) is 36.4 Å². The fourth-order valence-corrected chi connectivity index (χ4v) is 4.38. The Morgan fingerprint density at radius 3 is 2.94 bits per heavy atom. The first-order valence-electron chi connectivity index (χ1n) is 9.90. The van der Waals surface area contributed by atoms with E-state index in [4.69, 9.17) is 16.3 Å². The summed E-state index contributed by atoms with van der Waals surface area (Å²) in [7, 11) is 0. The topological polar surface area (TPSA) is 87.3 Å². The van der Waals surface area contributed by atoms with Gasteiger partial charge in [-0.2, -0.15) is 11.8 Å². The van der Waals surface area contributed by atoms with Crippen LogP contribution < -0.4 is 10.2 Å². The number of amides is 2. The number of nitrogens with one attached hydrogen (secondary N) is 2. The summed E-state index contributed by atoms with van der Waals surface area (Å²) in [6.07, 6.45) is 1.98. The molecule has 3 aromatic rings. The van der Waals surface area contributed by atoms with Crippen LogP contribution in [0.4, 0.5) is 5.69 Å². The van der Waals surface area contributed by atoms with Crippen LogP contribution in [0.3, 0.4) is 0 Å². The second-order valence-electron chi connectivity index (χ2n) is 7.36. The van der Waals surface area contributed by atoms with Gasteiger partial charge in [-0.25, -0.2) is 4.98 Å². The number of aromatic amines is 1. The van der Waals surface area contributed by atoms with Gasteiger partial charge in [-0.3, -0.25) is 9.59 Å². The van der Waals surface area contributed by atoms with Crippen molar-refractivity contribution in [2.45, 2.75) is 13.0 Å². The second kappa shape index (κ2) is 9.30. The smallest absolute Gasteiger partial charge is 0.253 e. The fourth-order valence-electron chi connectivity index (χ4n) is 3.64. The summed E-state index contributed by atoms with van der Waals surface area (Å²) in [6.45, 7) is 3.00. The highest BCUT2D eigenvalue weighted by Crippen LogP contribution is 2.25. The summed E-state index contributed by atoms with van der Waals surface area (Å²) < 4.78 is 5.20. The number of thioether (sulfide) groups is 1. The summed E-state index contributed by atoms with van der Waals surface area (Å²) >= 11 is 7.70. The third-order valence-electron chi connectivity index (χ3n) is 5.17. The molecule has 2 N–H and O–H groups in total. The number of ether oxygens (including phenoxy) is 1. The molecule has 0 spiro atoms. The SMILES string of the molecule is CSCC(NC(=O)c1ccc(N2CCOCC2=O)c(C)c1)c1nc2ccc(Cl)cc2[nH]1. The molecule has 1 fully saturated rings. The highest BCUT2D eigenvalue weighted by molar-refractivity contribution is 7.98. The first-order valence-corrected chi connectivity index (χ1v) is 11.7. The number of hydrogen-bond acceptors (Lipinski definition) is 5. The van der Waals surface area contributed by atoms with Crippen LogP contribution in [0.25, 0.3) is 11.0 Å². The van der Waals surface area contributed by atoms with Crippen molar-refractivity contribution >= 4 is 51.9 Å². The third kappa shape index (κ3) is 4.71. The number of carbonyl (C=O) groups excluding carboxylic acids is 2. The highest BCUT2D eigenvalue weighted by Gasteiger charge is 2.23. The van der Waals surface area contributed by atoms with Gasteiger partial charge >= 0.3 is 0 Å². The van der Waals surface area contributed by atoms with Crippen LogP contribution in [-0.4, -0.2) is 53.5 Å². The number of aromatic nitrogens is 2. The molecular weight excluding hydrogens is 436 g/mol. The van der Waals surface area contributed by atoms with E-state index in [1.807, 2.05) is 37.4 Å². The van der Waals surface area contributed by atoms with Gasteiger partial charge in [-0.1, -0.05) is 11.6 Å². The Morgan fingerprint density at radius 1 is 1.35 bits per heavy atom. The number of aryl methyl sites for hydroxylation is 1. The molecule has 1 atom stereocenters. The van der Waals surface area contributed by atoms with E-state index in [1.165, 1.54) is 0 Å². The zero-order valence-corrected chi connectivity index (χ0v) is 18.8. The zero-order chi connectivity index (χ0) is 22.0. The number of H-pyrrole nitrogens is 1. The molecule has 0 radical (unpaired) electrons. The number of fused-ring (bicyclic) bond motifs is 1. The Balaban J connectivity index is 1.54. The van der Waals surface area contributed by atoms with Crippen molar-refractivity contribution in [3.05, 3.63) is 58.4 Å². The van der Waals surface area contributed by atoms with Gasteiger partial charge in [-0.15, -0.1) is 0 Å². The lowest BCUT2D eigenvalue weighted by Crippen LogP contribution is -2.42. The molecule has 4 rings (SSSR count). The average molecular weight is 459 g/mol. The number of imidazole rings is 1. The van der Waals surface area contributed by atoms with E-state index >= 15 is 0 Å². The quantitative estimate of drug-likeness (QED) is 0.587. The molecule has 1 aliphatic rings. The molecule has 31 heavy (non-hydrogen) atoms. The van der Waals surface area contributed by atoms with Crippen molar-refractivity contribution in [1.82, 2.24) is 15.3 Å². The largest absolute Gasteiger partial charge is 0.370 e. The first kappa shape index (κ1) is 21.7. The van der Waals surface area contributed by atoms with E-state index in [9.17, 15) is 9.59 Å². The van der Waals surface area contributed by atoms with Gasteiger partial charge in [0, 0.05) is 28.6 Å². The summed E-state index contributed by atoms with van der Waals surface area (Å²) in [4.78, 5) is 34.7. The molecule has 2 amide bonds. The molecule has 0 aliphatic carbocycles. The minimum Gasteiger partial charge on any atom is -0.370 e. The predicted molar refractivity (Wildman–Crippen MR) is 124 cm³/mol. The minimum absolute atomic E-state index is 0.0726. The predicted octanol–water partition coefficient (Wildman–Crippen LogP) is 3.72. The fraction of sp³-hybridized carbons (Fsp3) is 0.318. The molecule has 0 saturated carbocycles. The molecule has 2 heterocycles. The van der Waals surface area contributed by atoms with E-state index in [0.717, 1.165) is 22.3 Å². The monoisotopic (exact) mass is 458 g/mol. The van der Waals surface area contributed by atoms with Gasteiger partial charge in [0.25, 0.3) is 11.8 Å². The second-order valence-corrected chi connectivity index (χ2v) is 8.71. The number of carbonyl (C=O) groups is 2. The van der Waals surface area contributed by atoms with Crippen molar-refractivity contribution in [2.75, 3.05) is 36.7 Å². The zero-order valence-electron chi connectivity index (χ0n) is 17.3. The maximum atomic E-state index is 13.0. The molecule has 7 nitrogen and oxygen atoms in total. The van der Waals surface area contributed by atoms with Gasteiger partial charge in [0.05, 0.1) is 23.7 Å². The number of nitrogens with zero attached hydrogens (tertiary/aromatic N) is 2. The Labute approximate surface area is 189 Å². The average Bonchev–Trinajstić information content (AvgIpc) is 3.17. The van der Waals surface area contributed by atoms with Gasteiger partial charge in [0.15, 0.2) is 0 Å². The summed E-state index contributed by atoms with van der Waals surface area (Å²) in [6, 6.07) is 10.6. The Bertz CT molecular complexity index is 1130. The molecule has 1 saturated heterocycles. The highest BCUT2D eigenvalue weighted by atomic mass is 35.5. The van der Waals surface area contributed by atoms with E-state index < -0.39 is 0 Å². The molecule has 162 valence electrons. The Morgan fingerprint density at radius 2 is 2.19 bits per heavy atom. The van der Waals surface area contributed by atoms with Gasteiger partial charge < -0.3 is 19.9 Å². The van der Waals surface area contributed by atoms with Crippen LogP contribution >= 0.6 is 23.4 Å². The lowest BCUT2D eigenvalue weighted by atomic mass is 10.1. The maximum absolute atomic E-state index is 13.0. The molecule has 2 aromatic carbocycles. The van der Waals surface area contributed by atoms with Crippen LogP contribution in [-0.2, 0) is 9.53 Å². The van der Waals surface area contributed by atoms with E-state index in [0.29, 0.717) is 35.3 Å². The number of hydrogen-bond donors (Lipinski definition) is 2. The van der Waals surface area contributed by atoms with Crippen molar-refractivity contribution in [3.63, 3.8) is 0 Å². The first-order chi connectivity index (χ1) is 15.0. The molecular formula is C22H23ClN4O3S. The van der Waals surface area contributed by atoms with Crippen LogP contribution in [0.2, 0.25) is 5.02 Å². The summed E-state index contributed by atoms with van der Waals surface area (Å²) in [5.41, 5.74) is 3.84. The molecule has 1 unspecified atom stereocenters. The van der Waals surface area contributed by atoms with Crippen molar-refractivity contribution in [1.29, 1.82) is 0 Å². The van der Waals surface area contributed by atoms with Crippen LogP contribution in [0.1, 0.15) is 27.8 Å². The lowest BCUT2D eigenvalue weighted by Gasteiger charge is -2.28. The van der Waals surface area contributed by atoms with Crippen molar-refractivity contribution < 1.29 is 14.3 Å². The Hall–Kier alpha value is -2.55. The lowest BCUT2D eigenvalue weighted by molar-refractivity contribution is -0.125. The van der Waals surface area contributed by atoms with Crippen LogP contribution in [0.5, 0.6) is 0 Å².